The van der Waals surface area contributed by atoms with Crippen molar-refractivity contribution in [1.82, 2.24) is 4.57 Å². The Morgan fingerprint density at radius 3 is 2.67 bits per heavy atom. The third-order valence-electron chi connectivity index (χ3n) is 3.39. The lowest BCUT2D eigenvalue weighted by Gasteiger charge is -2.10. The number of benzene rings is 1. The van der Waals surface area contributed by atoms with Crippen molar-refractivity contribution in [3.8, 4) is 0 Å². The number of rotatable bonds is 4. The molecule has 0 aliphatic carbocycles. The molecule has 3 rings (SSSR count). The number of hydrogen-bond acceptors (Lipinski definition) is 3. The zero-order valence-electron chi connectivity index (χ0n) is 11.2. The first-order valence-electron chi connectivity index (χ1n) is 6.50. The molecule has 2 aromatic heterocycles. The van der Waals surface area contributed by atoms with E-state index in [-0.39, 0.29) is 12.0 Å². The van der Waals surface area contributed by atoms with Gasteiger partial charge in [0.25, 0.3) is 5.56 Å². The predicted octanol–water partition coefficient (Wildman–Crippen LogP) is 2.74. The van der Waals surface area contributed by atoms with Crippen LogP contribution in [0.5, 0.6) is 0 Å². The summed E-state index contributed by atoms with van der Waals surface area (Å²) in [6, 6.07) is 11.1. The number of carbonyl (C=O) groups is 1. The van der Waals surface area contributed by atoms with E-state index in [1.807, 2.05) is 35.7 Å². The van der Waals surface area contributed by atoms with Crippen molar-refractivity contribution in [3.05, 3.63) is 69.5 Å². The maximum Gasteiger partial charge on any atom is 0.307 e. The van der Waals surface area contributed by atoms with Gasteiger partial charge in [-0.05, 0) is 28.6 Å². The molecule has 0 saturated heterocycles. The minimum absolute atomic E-state index is 0.0361. The van der Waals surface area contributed by atoms with Gasteiger partial charge in [0.15, 0.2) is 0 Å². The van der Waals surface area contributed by atoms with Crippen LogP contribution in [0.4, 0.5) is 0 Å². The molecule has 0 amide bonds. The second kappa shape index (κ2) is 5.54. The summed E-state index contributed by atoms with van der Waals surface area (Å²) in [5.41, 5.74) is 1.55. The smallest absolute Gasteiger partial charge is 0.307 e. The average molecular weight is 299 g/mol. The lowest BCUT2D eigenvalue weighted by molar-refractivity contribution is -0.136. The molecule has 0 atom stereocenters. The van der Waals surface area contributed by atoms with Crippen molar-refractivity contribution in [2.45, 2.75) is 13.0 Å². The number of aromatic nitrogens is 1. The number of aliphatic carboxylic acids is 1. The SMILES string of the molecule is O=C(O)Cc1ccccc1Cn1ccc2sccc2c1=O. The molecule has 0 aliphatic rings. The number of pyridine rings is 1. The zero-order chi connectivity index (χ0) is 14.8. The summed E-state index contributed by atoms with van der Waals surface area (Å²) in [5, 5.41) is 11.6. The molecule has 0 bridgehead atoms. The van der Waals surface area contributed by atoms with Crippen LogP contribution in [-0.2, 0) is 17.8 Å². The topological polar surface area (TPSA) is 59.3 Å². The van der Waals surface area contributed by atoms with Crippen LogP contribution in [0, 0.1) is 0 Å². The third kappa shape index (κ3) is 2.73. The summed E-state index contributed by atoms with van der Waals surface area (Å²) in [4.78, 5) is 23.3. The second-order valence-electron chi connectivity index (χ2n) is 4.79. The number of nitrogens with zero attached hydrogens (tertiary/aromatic N) is 1. The number of carboxylic acid groups (broad SMARTS) is 1. The van der Waals surface area contributed by atoms with Gasteiger partial charge < -0.3 is 9.67 Å². The molecular weight excluding hydrogens is 286 g/mol. The van der Waals surface area contributed by atoms with Gasteiger partial charge in [-0.3, -0.25) is 9.59 Å². The Hall–Kier alpha value is -2.40. The van der Waals surface area contributed by atoms with Crippen molar-refractivity contribution >= 4 is 27.4 Å². The molecule has 0 fully saturated rings. The Morgan fingerprint density at radius 2 is 1.90 bits per heavy atom. The van der Waals surface area contributed by atoms with Gasteiger partial charge in [-0.1, -0.05) is 24.3 Å². The van der Waals surface area contributed by atoms with Crippen LogP contribution in [-0.4, -0.2) is 15.6 Å². The van der Waals surface area contributed by atoms with Gasteiger partial charge in [-0.25, -0.2) is 0 Å². The Kier molecular flexibility index (Phi) is 3.58. The largest absolute Gasteiger partial charge is 0.481 e. The molecule has 3 aromatic rings. The molecule has 0 saturated carbocycles. The molecule has 0 unspecified atom stereocenters. The first kappa shape index (κ1) is 13.6. The van der Waals surface area contributed by atoms with E-state index in [1.54, 1.807) is 16.8 Å². The fraction of sp³-hybridized carbons (Fsp3) is 0.125. The number of thiophene rings is 1. The second-order valence-corrected chi connectivity index (χ2v) is 5.73. The highest BCUT2D eigenvalue weighted by Gasteiger charge is 2.09. The van der Waals surface area contributed by atoms with Crippen LogP contribution in [0.25, 0.3) is 10.1 Å². The molecule has 1 N–H and O–H groups in total. The Labute approximate surface area is 124 Å². The van der Waals surface area contributed by atoms with Gasteiger partial charge in [0.05, 0.1) is 18.4 Å². The van der Waals surface area contributed by atoms with Gasteiger partial charge in [-0.15, -0.1) is 11.3 Å². The molecule has 0 spiro atoms. The standard InChI is InChI=1S/C16H13NO3S/c18-15(19)9-11-3-1-2-4-12(11)10-17-7-5-14-13(16(17)20)6-8-21-14/h1-8H,9-10H2,(H,18,19). The van der Waals surface area contributed by atoms with E-state index in [0.29, 0.717) is 11.9 Å². The molecule has 0 aliphatic heterocycles. The lowest BCUT2D eigenvalue weighted by atomic mass is 10.0. The summed E-state index contributed by atoms with van der Waals surface area (Å²) in [6.45, 7) is 0.383. The molecule has 21 heavy (non-hydrogen) atoms. The van der Waals surface area contributed by atoms with Crippen molar-refractivity contribution in [1.29, 1.82) is 0 Å². The molecule has 0 radical (unpaired) electrons. The quantitative estimate of drug-likeness (QED) is 0.806. The van der Waals surface area contributed by atoms with Gasteiger partial charge in [0.1, 0.15) is 0 Å². The minimum atomic E-state index is -0.872. The lowest BCUT2D eigenvalue weighted by Crippen LogP contribution is -2.20. The maximum atomic E-state index is 12.4. The fourth-order valence-electron chi connectivity index (χ4n) is 2.36. The first-order chi connectivity index (χ1) is 10.1. The third-order valence-corrected chi connectivity index (χ3v) is 4.28. The number of hydrogen-bond donors (Lipinski definition) is 1. The summed E-state index contributed by atoms with van der Waals surface area (Å²) >= 11 is 1.54. The van der Waals surface area contributed by atoms with E-state index in [9.17, 15) is 9.59 Å². The van der Waals surface area contributed by atoms with E-state index in [4.69, 9.17) is 5.11 Å². The van der Waals surface area contributed by atoms with Crippen LogP contribution in [0.2, 0.25) is 0 Å². The Bertz CT molecular complexity index is 863. The number of fused-ring (bicyclic) bond motifs is 1. The van der Waals surface area contributed by atoms with E-state index >= 15 is 0 Å². The molecule has 4 nitrogen and oxygen atoms in total. The monoisotopic (exact) mass is 299 g/mol. The van der Waals surface area contributed by atoms with Crippen LogP contribution in [0.3, 0.4) is 0 Å². The van der Waals surface area contributed by atoms with Crippen LogP contribution in [0.1, 0.15) is 11.1 Å². The molecular formula is C16H13NO3S. The zero-order valence-corrected chi connectivity index (χ0v) is 12.0. The van der Waals surface area contributed by atoms with Crippen LogP contribution < -0.4 is 5.56 Å². The van der Waals surface area contributed by atoms with E-state index < -0.39 is 5.97 Å². The van der Waals surface area contributed by atoms with Crippen LogP contribution >= 0.6 is 11.3 Å². The summed E-state index contributed by atoms with van der Waals surface area (Å²) < 4.78 is 2.59. The summed E-state index contributed by atoms with van der Waals surface area (Å²) in [5.74, 6) is -0.872. The highest BCUT2D eigenvalue weighted by molar-refractivity contribution is 7.17. The van der Waals surface area contributed by atoms with Gasteiger partial charge in [-0.2, -0.15) is 0 Å². The summed E-state index contributed by atoms with van der Waals surface area (Å²) in [6.07, 6.45) is 1.73. The van der Waals surface area contributed by atoms with E-state index in [0.717, 1.165) is 15.8 Å². The van der Waals surface area contributed by atoms with E-state index in [1.165, 1.54) is 11.3 Å². The maximum absolute atomic E-state index is 12.4. The number of carboxylic acids is 1. The van der Waals surface area contributed by atoms with Gasteiger partial charge in [0.2, 0.25) is 0 Å². The average Bonchev–Trinajstić information content (AvgIpc) is 2.92. The minimum Gasteiger partial charge on any atom is -0.481 e. The fourth-order valence-corrected chi connectivity index (χ4v) is 3.13. The van der Waals surface area contributed by atoms with Crippen molar-refractivity contribution in [3.63, 3.8) is 0 Å². The molecule has 2 heterocycles. The van der Waals surface area contributed by atoms with Crippen LogP contribution in [0.15, 0.2) is 52.8 Å². The Balaban J connectivity index is 2.00. The van der Waals surface area contributed by atoms with Crippen molar-refractivity contribution < 1.29 is 9.90 Å². The molecule has 5 heteroatoms. The van der Waals surface area contributed by atoms with Gasteiger partial charge in [0, 0.05) is 10.9 Å². The summed E-state index contributed by atoms with van der Waals surface area (Å²) in [7, 11) is 0. The molecule has 1 aromatic carbocycles. The van der Waals surface area contributed by atoms with E-state index in [2.05, 4.69) is 0 Å². The van der Waals surface area contributed by atoms with Crippen molar-refractivity contribution in [2.75, 3.05) is 0 Å². The van der Waals surface area contributed by atoms with Crippen molar-refractivity contribution in [2.24, 2.45) is 0 Å². The predicted molar refractivity (Wildman–Crippen MR) is 83.0 cm³/mol. The first-order valence-corrected chi connectivity index (χ1v) is 7.38. The molecule has 106 valence electrons. The highest BCUT2D eigenvalue weighted by atomic mass is 32.1. The Morgan fingerprint density at radius 1 is 1.14 bits per heavy atom. The normalized spacial score (nSPS) is 10.9. The highest BCUT2D eigenvalue weighted by Crippen LogP contribution is 2.17. The van der Waals surface area contributed by atoms with Gasteiger partial charge >= 0.3 is 5.97 Å².